The van der Waals surface area contributed by atoms with Gasteiger partial charge in [0.15, 0.2) is 0 Å². The van der Waals surface area contributed by atoms with Gasteiger partial charge in [-0.2, -0.15) is 5.10 Å². The molecule has 0 bridgehead atoms. The van der Waals surface area contributed by atoms with Crippen LogP contribution in [-0.2, 0) is 7.05 Å². The molecule has 3 nitrogen and oxygen atoms in total. The van der Waals surface area contributed by atoms with E-state index in [2.05, 4.69) is 26.3 Å². The molecule has 2 rings (SSSR count). The quantitative estimate of drug-likeness (QED) is 0.944. The highest BCUT2D eigenvalue weighted by Gasteiger charge is 2.17. The first-order valence-electron chi connectivity index (χ1n) is 5.22. The number of aryl methyl sites for hydroxylation is 1. The Morgan fingerprint density at radius 1 is 1.47 bits per heavy atom. The predicted molar refractivity (Wildman–Crippen MR) is 68.2 cm³/mol. The van der Waals surface area contributed by atoms with Crippen molar-refractivity contribution in [2.75, 3.05) is 7.05 Å². The Hall–Kier alpha value is -1.20. The molecule has 0 radical (unpaired) electrons. The minimum Gasteiger partial charge on any atom is -0.309 e. The zero-order chi connectivity index (χ0) is 12.4. The molecule has 5 heteroatoms. The molecule has 0 aliphatic heterocycles. The Kier molecular flexibility index (Phi) is 3.59. The third kappa shape index (κ3) is 2.56. The van der Waals surface area contributed by atoms with Gasteiger partial charge < -0.3 is 5.32 Å². The van der Waals surface area contributed by atoms with Gasteiger partial charge in [-0.1, -0.05) is 22.0 Å². The van der Waals surface area contributed by atoms with E-state index in [0.29, 0.717) is 5.56 Å². The Bertz CT molecular complexity index is 524. The largest absolute Gasteiger partial charge is 0.309 e. The van der Waals surface area contributed by atoms with Gasteiger partial charge in [-0.05, 0) is 19.2 Å². The number of halogens is 2. The molecule has 1 aromatic heterocycles. The molecule has 1 N–H and O–H groups in total. The lowest BCUT2D eigenvalue weighted by Gasteiger charge is -2.15. The number of benzene rings is 1. The van der Waals surface area contributed by atoms with Gasteiger partial charge in [0.2, 0.25) is 0 Å². The molecular formula is C12H13BrFN3. The molecule has 1 unspecified atom stereocenters. The number of nitrogens with zero attached hydrogens (tertiary/aromatic N) is 2. The van der Waals surface area contributed by atoms with Gasteiger partial charge >= 0.3 is 0 Å². The number of hydrogen-bond donors (Lipinski definition) is 1. The Labute approximate surface area is 108 Å². The third-order valence-corrected chi connectivity index (χ3v) is 3.11. The minimum atomic E-state index is -0.234. The van der Waals surface area contributed by atoms with Crippen LogP contribution in [0.3, 0.4) is 0 Å². The Morgan fingerprint density at radius 2 is 2.24 bits per heavy atom. The van der Waals surface area contributed by atoms with Crippen LogP contribution in [0.4, 0.5) is 4.39 Å². The van der Waals surface area contributed by atoms with Crippen molar-refractivity contribution in [1.82, 2.24) is 15.1 Å². The zero-order valence-electron chi connectivity index (χ0n) is 9.61. The van der Waals surface area contributed by atoms with Gasteiger partial charge in [0, 0.05) is 28.8 Å². The average molecular weight is 298 g/mol. The van der Waals surface area contributed by atoms with E-state index in [9.17, 15) is 4.39 Å². The number of hydrogen-bond acceptors (Lipinski definition) is 2. The molecule has 0 amide bonds. The lowest BCUT2D eigenvalue weighted by atomic mass is 10.0. The highest BCUT2D eigenvalue weighted by Crippen LogP contribution is 2.25. The first-order chi connectivity index (χ1) is 8.11. The van der Waals surface area contributed by atoms with Gasteiger partial charge in [-0.3, -0.25) is 4.68 Å². The van der Waals surface area contributed by atoms with Crippen molar-refractivity contribution in [3.8, 4) is 0 Å². The summed E-state index contributed by atoms with van der Waals surface area (Å²) < 4.78 is 16.3. The van der Waals surface area contributed by atoms with Gasteiger partial charge in [-0.25, -0.2) is 4.39 Å². The van der Waals surface area contributed by atoms with Crippen LogP contribution >= 0.6 is 15.9 Å². The summed E-state index contributed by atoms with van der Waals surface area (Å²) in [5, 5.41) is 7.20. The summed E-state index contributed by atoms with van der Waals surface area (Å²) in [7, 11) is 3.65. The molecule has 1 heterocycles. The van der Waals surface area contributed by atoms with Crippen molar-refractivity contribution >= 4 is 15.9 Å². The first kappa shape index (κ1) is 12.3. The molecule has 2 aromatic rings. The Morgan fingerprint density at radius 3 is 2.76 bits per heavy atom. The summed E-state index contributed by atoms with van der Waals surface area (Å²) >= 11 is 3.25. The Balaban J connectivity index is 2.42. The monoisotopic (exact) mass is 297 g/mol. The highest BCUT2D eigenvalue weighted by molar-refractivity contribution is 9.10. The molecule has 0 aliphatic rings. The predicted octanol–water partition coefficient (Wildman–Crippen LogP) is 2.63. The van der Waals surface area contributed by atoms with Crippen LogP contribution in [0.25, 0.3) is 0 Å². The van der Waals surface area contributed by atoms with Crippen molar-refractivity contribution < 1.29 is 4.39 Å². The summed E-state index contributed by atoms with van der Waals surface area (Å²) in [6.45, 7) is 0. The van der Waals surface area contributed by atoms with E-state index < -0.39 is 0 Å². The topological polar surface area (TPSA) is 29.9 Å². The molecule has 0 fully saturated rings. The summed E-state index contributed by atoms with van der Waals surface area (Å²) in [4.78, 5) is 0. The van der Waals surface area contributed by atoms with Crippen molar-refractivity contribution in [1.29, 1.82) is 0 Å². The molecule has 1 aromatic carbocycles. The van der Waals surface area contributed by atoms with E-state index in [1.807, 2.05) is 19.3 Å². The van der Waals surface area contributed by atoms with Gasteiger partial charge in [-0.15, -0.1) is 0 Å². The fraction of sp³-hybridized carbons (Fsp3) is 0.250. The van der Waals surface area contributed by atoms with E-state index in [-0.39, 0.29) is 11.9 Å². The maximum atomic E-state index is 13.9. The fourth-order valence-corrected chi connectivity index (χ4v) is 2.16. The molecule has 1 atom stereocenters. The zero-order valence-corrected chi connectivity index (χ0v) is 11.2. The van der Waals surface area contributed by atoms with E-state index >= 15 is 0 Å². The maximum Gasteiger partial charge on any atom is 0.129 e. The second kappa shape index (κ2) is 4.98. The lowest BCUT2D eigenvalue weighted by Crippen LogP contribution is -2.18. The van der Waals surface area contributed by atoms with Crippen LogP contribution in [0.15, 0.2) is 35.1 Å². The van der Waals surface area contributed by atoms with Crippen LogP contribution in [0.1, 0.15) is 17.2 Å². The summed E-state index contributed by atoms with van der Waals surface area (Å²) in [6, 6.07) is 4.89. The van der Waals surface area contributed by atoms with Crippen LogP contribution in [0, 0.1) is 5.82 Å². The number of rotatable bonds is 3. The molecule has 17 heavy (non-hydrogen) atoms. The average Bonchev–Trinajstić information content (AvgIpc) is 2.69. The summed E-state index contributed by atoms with van der Waals surface area (Å²) in [6.07, 6.45) is 3.62. The molecule has 0 aliphatic carbocycles. The minimum absolute atomic E-state index is 0.184. The molecule has 90 valence electrons. The number of aromatic nitrogens is 2. The fourth-order valence-electron chi connectivity index (χ4n) is 1.83. The van der Waals surface area contributed by atoms with Gasteiger partial charge in [0.05, 0.1) is 12.2 Å². The first-order valence-corrected chi connectivity index (χ1v) is 6.02. The molecule has 0 saturated heterocycles. The van der Waals surface area contributed by atoms with Crippen molar-refractivity contribution in [3.63, 3.8) is 0 Å². The second-order valence-electron chi connectivity index (χ2n) is 3.83. The van der Waals surface area contributed by atoms with Crippen molar-refractivity contribution in [2.24, 2.45) is 7.05 Å². The summed E-state index contributed by atoms with van der Waals surface area (Å²) in [5.41, 5.74) is 1.56. The van der Waals surface area contributed by atoms with E-state index in [1.54, 1.807) is 24.0 Å². The maximum absolute atomic E-state index is 13.9. The summed E-state index contributed by atoms with van der Waals surface area (Å²) in [5.74, 6) is -0.234. The standard InChI is InChI=1S/C12H13BrFN3/c1-15-12(8-6-16-17(2)7-8)10-4-3-9(13)5-11(10)14/h3-7,12,15H,1-2H3. The molecule has 0 spiro atoms. The van der Waals surface area contributed by atoms with Gasteiger partial charge in [0.1, 0.15) is 5.82 Å². The number of nitrogens with one attached hydrogen (secondary N) is 1. The van der Waals surface area contributed by atoms with Crippen molar-refractivity contribution in [3.05, 3.63) is 52.0 Å². The highest BCUT2D eigenvalue weighted by atomic mass is 79.9. The normalized spacial score (nSPS) is 12.7. The van der Waals surface area contributed by atoms with Crippen molar-refractivity contribution in [2.45, 2.75) is 6.04 Å². The van der Waals surface area contributed by atoms with Crippen LogP contribution in [-0.4, -0.2) is 16.8 Å². The van der Waals surface area contributed by atoms with E-state index in [1.165, 1.54) is 6.07 Å². The van der Waals surface area contributed by atoms with E-state index in [0.717, 1.165) is 10.0 Å². The van der Waals surface area contributed by atoms with E-state index in [4.69, 9.17) is 0 Å². The third-order valence-electron chi connectivity index (χ3n) is 2.62. The van der Waals surface area contributed by atoms with Crippen LogP contribution in [0.5, 0.6) is 0 Å². The second-order valence-corrected chi connectivity index (χ2v) is 4.75. The van der Waals surface area contributed by atoms with Gasteiger partial charge in [0.25, 0.3) is 0 Å². The molecule has 0 saturated carbocycles. The lowest BCUT2D eigenvalue weighted by molar-refractivity contribution is 0.575. The SMILES string of the molecule is CNC(c1cnn(C)c1)c1ccc(Br)cc1F. The van der Waals surface area contributed by atoms with Crippen LogP contribution in [0.2, 0.25) is 0 Å². The van der Waals surface area contributed by atoms with Crippen LogP contribution < -0.4 is 5.32 Å². The smallest absolute Gasteiger partial charge is 0.129 e. The molecular weight excluding hydrogens is 285 g/mol.